The Hall–Kier alpha value is -2.15. The molecule has 0 amide bonds. The molecule has 41 heavy (non-hydrogen) atoms. The fourth-order valence-corrected chi connectivity index (χ4v) is 6.14. The summed E-state index contributed by atoms with van der Waals surface area (Å²) in [5.41, 5.74) is 1.70. The molecular formula is C30H49N5O6. The summed E-state index contributed by atoms with van der Waals surface area (Å²) in [5.74, 6) is -1.05. The minimum atomic E-state index is -0.526. The van der Waals surface area contributed by atoms with Gasteiger partial charge in [-0.05, 0) is 38.7 Å². The molecule has 4 rings (SSSR count). The quantitative estimate of drug-likeness (QED) is 0.255. The van der Waals surface area contributed by atoms with Gasteiger partial charge in [0.25, 0.3) is 0 Å². The van der Waals surface area contributed by atoms with Crippen LogP contribution >= 0.6 is 0 Å². The van der Waals surface area contributed by atoms with E-state index in [-0.39, 0.29) is 43.0 Å². The zero-order valence-corrected chi connectivity index (χ0v) is 24.8. The second-order valence-corrected chi connectivity index (χ2v) is 11.1. The van der Waals surface area contributed by atoms with Gasteiger partial charge < -0.3 is 40.2 Å². The van der Waals surface area contributed by atoms with E-state index in [1.165, 1.54) is 25.7 Å². The summed E-state index contributed by atoms with van der Waals surface area (Å²) in [4.78, 5) is 31.5. The Morgan fingerprint density at radius 1 is 0.732 bits per heavy atom. The standard InChI is InChI=1S/C30H49N5O6/c1-3-39-15-17-41-30(37)22-18-21(29(36)40-16-14-38-2)27-19-33-25-10-6-4-8-23(25)31-12-13-32-24-9-5-7-11-26(24)34-20-28(22)35-27/h18,23-26,31-34H,3-17,19-20H2,1-2H3/t23-,24-,25-,26-/m1/s1. The first-order valence-electron chi connectivity index (χ1n) is 15.5. The van der Waals surface area contributed by atoms with Gasteiger partial charge in [0, 0.05) is 64.1 Å². The Kier molecular flexibility index (Phi) is 13.2. The molecule has 230 valence electrons. The normalized spacial score (nSPS) is 25.6. The van der Waals surface area contributed by atoms with Crippen LogP contribution in [0.3, 0.4) is 0 Å². The number of pyridine rings is 1. The van der Waals surface area contributed by atoms with E-state index in [2.05, 4.69) is 21.3 Å². The molecule has 0 radical (unpaired) electrons. The zero-order valence-electron chi connectivity index (χ0n) is 24.8. The molecule has 4 N–H and O–H groups in total. The first-order chi connectivity index (χ1) is 20.1. The first-order valence-corrected chi connectivity index (χ1v) is 15.5. The summed E-state index contributed by atoms with van der Waals surface area (Å²) in [6, 6.07) is 2.84. The summed E-state index contributed by atoms with van der Waals surface area (Å²) in [6.45, 7) is 5.89. The third kappa shape index (κ3) is 9.42. The van der Waals surface area contributed by atoms with Gasteiger partial charge in [-0.2, -0.15) is 0 Å². The van der Waals surface area contributed by atoms with Gasteiger partial charge >= 0.3 is 11.9 Å². The van der Waals surface area contributed by atoms with Crippen LogP contribution in [0.5, 0.6) is 0 Å². The number of nitrogens with one attached hydrogen (secondary N) is 4. The molecule has 2 heterocycles. The van der Waals surface area contributed by atoms with Gasteiger partial charge in [0.2, 0.25) is 0 Å². The molecule has 1 aliphatic heterocycles. The van der Waals surface area contributed by atoms with Crippen molar-refractivity contribution < 1.29 is 28.5 Å². The lowest BCUT2D eigenvalue weighted by atomic mass is 9.89. The lowest BCUT2D eigenvalue weighted by molar-refractivity contribution is 0.0333. The summed E-state index contributed by atoms with van der Waals surface area (Å²) < 4.78 is 21.4. The van der Waals surface area contributed by atoms with Crippen molar-refractivity contribution in [2.75, 3.05) is 53.2 Å². The average molecular weight is 576 g/mol. The molecule has 2 saturated carbocycles. The monoisotopic (exact) mass is 575 g/mol. The van der Waals surface area contributed by atoms with Gasteiger partial charge in [0.1, 0.15) is 13.2 Å². The Bertz CT molecular complexity index is 979. The Morgan fingerprint density at radius 2 is 1.20 bits per heavy atom. The maximum Gasteiger partial charge on any atom is 0.340 e. The fourth-order valence-electron chi connectivity index (χ4n) is 6.14. The molecule has 0 saturated heterocycles. The zero-order chi connectivity index (χ0) is 28.9. The SMILES string of the molecule is CCOCCOC(=O)c1cc(C(=O)OCCOC)c2nc1CN[C@@H]1CCCC[C@H]1NCCN[C@@H]1CCCC[C@H]1NC2. The lowest BCUT2D eigenvalue weighted by Crippen LogP contribution is -2.53. The fraction of sp³-hybridized carbons (Fsp3) is 0.767. The van der Waals surface area contributed by atoms with Crippen molar-refractivity contribution in [2.24, 2.45) is 0 Å². The minimum absolute atomic E-state index is 0.115. The van der Waals surface area contributed by atoms with Crippen molar-refractivity contribution in [3.63, 3.8) is 0 Å². The maximum atomic E-state index is 13.3. The van der Waals surface area contributed by atoms with Crippen LogP contribution < -0.4 is 21.3 Å². The highest BCUT2D eigenvalue weighted by atomic mass is 16.6. The van der Waals surface area contributed by atoms with Crippen LogP contribution in [0.25, 0.3) is 0 Å². The highest BCUT2D eigenvalue weighted by Gasteiger charge is 2.29. The third-order valence-electron chi connectivity index (χ3n) is 8.34. The number of rotatable bonds is 9. The van der Waals surface area contributed by atoms with Crippen molar-refractivity contribution in [2.45, 2.75) is 95.5 Å². The predicted octanol–water partition coefficient (Wildman–Crippen LogP) is 2.07. The summed E-state index contributed by atoms with van der Waals surface area (Å²) >= 11 is 0. The molecule has 3 aliphatic rings. The average Bonchev–Trinajstić information content (AvgIpc) is 3.00. The van der Waals surface area contributed by atoms with E-state index >= 15 is 0 Å². The number of carbonyl (C=O) groups excluding carboxylic acids is 2. The van der Waals surface area contributed by atoms with Gasteiger partial charge in [-0.15, -0.1) is 0 Å². The van der Waals surface area contributed by atoms with Crippen LogP contribution in [0, 0.1) is 0 Å². The molecule has 11 nitrogen and oxygen atoms in total. The van der Waals surface area contributed by atoms with Crippen molar-refractivity contribution in [1.29, 1.82) is 0 Å². The summed E-state index contributed by atoms with van der Waals surface area (Å²) in [5, 5.41) is 14.9. The molecule has 0 aromatic carbocycles. The number of hydrogen-bond acceptors (Lipinski definition) is 11. The maximum absolute atomic E-state index is 13.3. The van der Waals surface area contributed by atoms with Crippen molar-refractivity contribution in [3.05, 3.63) is 28.6 Å². The number of carbonyl (C=O) groups is 2. The highest BCUT2D eigenvalue weighted by molar-refractivity contribution is 5.96. The molecule has 1 aromatic heterocycles. The van der Waals surface area contributed by atoms with Gasteiger partial charge in [-0.1, -0.05) is 25.7 Å². The van der Waals surface area contributed by atoms with Crippen molar-refractivity contribution >= 4 is 11.9 Å². The van der Waals surface area contributed by atoms with Gasteiger partial charge in [0.15, 0.2) is 0 Å². The van der Waals surface area contributed by atoms with Crippen LogP contribution in [-0.4, -0.2) is 94.3 Å². The number of esters is 2. The van der Waals surface area contributed by atoms with Crippen LogP contribution in [0.15, 0.2) is 6.07 Å². The van der Waals surface area contributed by atoms with Gasteiger partial charge in [0.05, 0.1) is 35.7 Å². The number of ether oxygens (including phenoxy) is 4. The van der Waals surface area contributed by atoms with Crippen molar-refractivity contribution in [3.8, 4) is 0 Å². The van der Waals surface area contributed by atoms with E-state index in [4.69, 9.17) is 23.9 Å². The smallest absolute Gasteiger partial charge is 0.340 e. The van der Waals surface area contributed by atoms with Crippen LogP contribution in [-0.2, 0) is 32.0 Å². The molecule has 2 aliphatic carbocycles. The lowest BCUT2D eigenvalue weighted by Gasteiger charge is -2.34. The Balaban J connectivity index is 1.66. The first kappa shape index (κ1) is 31.8. The number of fused-ring (bicyclic) bond motifs is 4. The molecule has 0 unspecified atom stereocenters. The van der Waals surface area contributed by atoms with E-state index in [1.807, 2.05) is 6.92 Å². The Morgan fingerprint density at radius 3 is 1.66 bits per heavy atom. The van der Waals surface area contributed by atoms with Crippen LogP contribution in [0.2, 0.25) is 0 Å². The van der Waals surface area contributed by atoms with Crippen LogP contribution in [0.4, 0.5) is 0 Å². The third-order valence-corrected chi connectivity index (χ3v) is 8.34. The second kappa shape index (κ2) is 17.1. The number of hydrogen-bond donors (Lipinski definition) is 4. The van der Waals surface area contributed by atoms with E-state index in [0.29, 0.717) is 49.8 Å². The molecule has 1 aromatic rings. The predicted molar refractivity (Wildman–Crippen MR) is 155 cm³/mol. The number of aromatic nitrogens is 1. The van der Waals surface area contributed by atoms with Gasteiger partial charge in [-0.3, -0.25) is 4.98 Å². The van der Waals surface area contributed by atoms with E-state index in [9.17, 15) is 9.59 Å². The topological polar surface area (TPSA) is 132 Å². The number of methoxy groups -OCH3 is 1. The molecule has 11 heteroatoms. The van der Waals surface area contributed by atoms with E-state index in [1.54, 1.807) is 13.2 Å². The minimum Gasteiger partial charge on any atom is -0.460 e. The highest BCUT2D eigenvalue weighted by Crippen LogP contribution is 2.23. The van der Waals surface area contributed by atoms with E-state index in [0.717, 1.165) is 38.8 Å². The molecule has 0 spiro atoms. The van der Waals surface area contributed by atoms with Crippen molar-refractivity contribution in [1.82, 2.24) is 26.3 Å². The summed E-state index contributed by atoms with van der Waals surface area (Å²) in [6.07, 6.45) is 9.09. The largest absolute Gasteiger partial charge is 0.460 e. The second-order valence-electron chi connectivity index (χ2n) is 11.1. The summed E-state index contributed by atoms with van der Waals surface area (Å²) in [7, 11) is 1.56. The van der Waals surface area contributed by atoms with Gasteiger partial charge in [-0.25, -0.2) is 9.59 Å². The van der Waals surface area contributed by atoms with Crippen LogP contribution in [0.1, 0.15) is 90.4 Å². The molecule has 2 fully saturated rings. The molecule has 4 atom stereocenters. The Labute approximate surface area is 244 Å². The molecule has 2 bridgehead atoms. The molecular weight excluding hydrogens is 526 g/mol. The van der Waals surface area contributed by atoms with E-state index < -0.39 is 11.9 Å². The number of nitrogens with zero attached hydrogens (tertiary/aromatic N) is 1.